The summed E-state index contributed by atoms with van der Waals surface area (Å²) >= 11 is 0. The summed E-state index contributed by atoms with van der Waals surface area (Å²) < 4.78 is 44.0. The van der Waals surface area contributed by atoms with Gasteiger partial charge in [0.15, 0.2) is 41.6 Å². The minimum absolute atomic E-state index is 0.0389. The van der Waals surface area contributed by atoms with Crippen molar-refractivity contribution in [2.75, 3.05) is 74.4 Å². The number of nitrogens with zero attached hydrogens (tertiary/aromatic N) is 2. The Morgan fingerprint density at radius 1 is 0.800 bits per heavy atom. The summed E-state index contributed by atoms with van der Waals surface area (Å²) in [6.07, 6.45) is 0. The van der Waals surface area contributed by atoms with Crippen molar-refractivity contribution in [1.29, 1.82) is 0 Å². The Balaban J connectivity index is 1.24. The largest absolute Gasteiger partial charge is 0.507 e. The molecule has 1 amide bonds. The summed E-state index contributed by atoms with van der Waals surface area (Å²) in [5.74, 6) is 1.49. The van der Waals surface area contributed by atoms with Crippen molar-refractivity contribution in [1.82, 2.24) is 9.80 Å². The maximum Gasteiger partial charge on any atom is 0.344 e. The third-order valence-electron chi connectivity index (χ3n) is 8.10. The van der Waals surface area contributed by atoms with Gasteiger partial charge in [-0.2, -0.15) is 0 Å². The lowest BCUT2D eigenvalue weighted by Gasteiger charge is -2.34. The number of hydrogen-bond donors (Lipinski definition) is 1. The van der Waals surface area contributed by atoms with E-state index in [1.165, 1.54) is 25.3 Å². The van der Waals surface area contributed by atoms with Crippen LogP contribution in [0.5, 0.6) is 40.2 Å². The summed E-state index contributed by atoms with van der Waals surface area (Å²) in [6, 6.07) is 12.6. The molecule has 1 fully saturated rings. The molecule has 1 aromatic heterocycles. The molecule has 0 saturated carbocycles. The third-order valence-corrected chi connectivity index (χ3v) is 8.10. The van der Waals surface area contributed by atoms with Crippen LogP contribution in [0.1, 0.15) is 12.5 Å². The molecule has 14 heteroatoms. The number of hydrogen-bond acceptors (Lipinski definition) is 13. The minimum Gasteiger partial charge on any atom is -0.507 e. The molecule has 0 atom stereocenters. The fourth-order valence-corrected chi connectivity index (χ4v) is 5.63. The lowest BCUT2D eigenvalue weighted by molar-refractivity contribution is -0.145. The topological polar surface area (TPSA) is 156 Å². The smallest absolute Gasteiger partial charge is 0.344 e. The molecular weight excluding hydrogens is 652 g/mol. The van der Waals surface area contributed by atoms with Crippen LogP contribution < -0.4 is 33.8 Å². The Bertz CT molecular complexity index is 1870. The van der Waals surface area contributed by atoms with E-state index in [-0.39, 0.29) is 59.7 Å². The number of carbonyl (C=O) groups is 2. The molecule has 3 aromatic carbocycles. The van der Waals surface area contributed by atoms with E-state index in [1.807, 2.05) is 12.1 Å². The highest BCUT2D eigenvalue weighted by Gasteiger charge is 2.23. The molecule has 2 heterocycles. The number of ether oxygens (including phenoxy) is 7. The minimum atomic E-state index is -0.548. The molecule has 4 aromatic rings. The SMILES string of the molecule is CCOC(=O)COc1cc(-c2cc(=O)c3c(O)cc(OCC(=O)N4CCN(Cc5cc(OC)c(OC)c(OC)c5)CC4)cc3o2)ccc1OC. The normalized spacial score (nSPS) is 13.1. The molecule has 1 saturated heterocycles. The predicted octanol–water partition coefficient (Wildman–Crippen LogP) is 3.87. The van der Waals surface area contributed by atoms with Gasteiger partial charge in [0, 0.05) is 56.5 Å². The molecule has 0 unspecified atom stereocenters. The number of rotatable bonds is 14. The Kier molecular flexibility index (Phi) is 11.5. The number of carbonyl (C=O) groups excluding carboxylic acids is 2. The van der Waals surface area contributed by atoms with E-state index >= 15 is 0 Å². The van der Waals surface area contributed by atoms with Crippen molar-refractivity contribution in [3.05, 3.63) is 64.3 Å². The first-order valence-electron chi connectivity index (χ1n) is 15.9. The van der Waals surface area contributed by atoms with Crippen LogP contribution in [0.3, 0.4) is 0 Å². The quantitative estimate of drug-likeness (QED) is 0.190. The van der Waals surface area contributed by atoms with Gasteiger partial charge in [-0.1, -0.05) is 0 Å². The fourth-order valence-electron chi connectivity index (χ4n) is 5.63. The van der Waals surface area contributed by atoms with Crippen LogP contribution in [0.4, 0.5) is 0 Å². The van der Waals surface area contributed by atoms with Gasteiger partial charge in [-0.25, -0.2) is 4.79 Å². The number of benzene rings is 3. The highest BCUT2D eigenvalue weighted by atomic mass is 16.6. The van der Waals surface area contributed by atoms with Crippen LogP contribution in [0.25, 0.3) is 22.3 Å². The molecule has 266 valence electrons. The van der Waals surface area contributed by atoms with Crippen LogP contribution in [0, 0.1) is 0 Å². The molecule has 1 N–H and O–H groups in total. The molecule has 0 aliphatic carbocycles. The number of amides is 1. The van der Waals surface area contributed by atoms with Gasteiger partial charge in [-0.05, 0) is 42.8 Å². The van der Waals surface area contributed by atoms with Gasteiger partial charge in [0.1, 0.15) is 28.2 Å². The Morgan fingerprint density at radius 3 is 2.14 bits per heavy atom. The molecule has 1 aliphatic rings. The molecule has 0 spiro atoms. The van der Waals surface area contributed by atoms with Crippen LogP contribution in [0.15, 0.2) is 57.7 Å². The highest BCUT2D eigenvalue weighted by Crippen LogP contribution is 2.39. The number of esters is 1. The van der Waals surface area contributed by atoms with Crippen molar-refractivity contribution in [2.45, 2.75) is 13.5 Å². The highest BCUT2D eigenvalue weighted by molar-refractivity contribution is 5.86. The second-order valence-electron chi connectivity index (χ2n) is 11.2. The standard InChI is InChI=1S/C36H40N2O12/c1-6-47-34(42)21-49-29-15-23(7-8-27(29)43-2)28-18-26(40)35-25(39)16-24(17-30(35)50-28)48-20-33(41)38-11-9-37(10-12-38)19-22-13-31(44-3)36(46-5)32(14-22)45-4/h7-8,13-18,39H,6,9-12,19-21H2,1-5H3. The summed E-state index contributed by atoms with van der Waals surface area (Å²) in [5, 5.41) is 10.6. The first kappa shape index (κ1) is 35.7. The van der Waals surface area contributed by atoms with Crippen molar-refractivity contribution in [2.24, 2.45) is 0 Å². The maximum absolute atomic E-state index is 13.1. The van der Waals surface area contributed by atoms with E-state index in [1.54, 1.807) is 51.4 Å². The van der Waals surface area contributed by atoms with Crippen molar-refractivity contribution in [3.8, 4) is 51.6 Å². The number of phenolic OH excluding ortho intramolecular Hbond substituents is 1. The van der Waals surface area contributed by atoms with Gasteiger partial charge in [0.2, 0.25) is 5.75 Å². The van der Waals surface area contributed by atoms with Crippen molar-refractivity contribution < 1.29 is 52.3 Å². The monoisotopic (exact) mass is 692 g/mol. The van der Waals surface area contributed by atoms with Crippen LogP contribution >= 0.6 is 0 Å². The van der Waals surface area contributed by atoms with Crippen molar-refractivity contribution in [3.63, 3.8) is 0 Å². The van der Waals surface area contributed by atoms with Crippen LogP contribution in [-0.4, -0.2) is 101 Å². The summed E-state index contributed by atoms with van der Waals surface area (Å²) in [7, 11) is 6.17. The van der Waals surface area contributed by atoms with Gasteiger partial charge in [0.25, 0.3) is 5.91 Å². The van der Waals surface area contributed by atoms with E-state index in [9.17, 15) is 19.5 Å². The van der Waals surface area contributed by atoms with Gasteiger partial charge >= 0.3 is 5.97 Å². The van der Waals surface area contributed by atoms with E-state index in [4.69, 9.17) is 37.6 Å². The number of phenols is 1. The second-order valence-corrected chi connectivity index (χ2v) is 11.2. The number of piperazine rings is 1. The zero-order chi connectivity index (χ0) is 35.8. The second kappa shape index (κ2) is 16.2. The number of fused-ring (bicyclic) bond motifs is 1. The predicted molar refractivity (Wildman–Crippen MR) is 182 cm³/mol. The van der Waals surface area contributed by atoms with Gasteiger partial charge in [-0.15, -0.1) is 0 Å². The molecule has 50 heavy (non-hydrogen) atoms. The first-order valence-corrected chi connectivity index (χ1v) is 15.9. The zero-order valence-corrected chi connectivity index (χ0v) is 28.6. The Hall–Kier alpha value is -5.63. The van der Waals surface area contributed by atoms with Gasteiger partial charge in [0.05, 0.1) is 35.0 Å². The first-order chi connectivity index (χ1) is 24.2. The molecular formula is C36H40N2O12. The number of aromatic hydroxyl groups is 1. The molecule has 5 rings (SSSR count). The van der Waals surface area contributed by atoms with Crippen LogP contribution in [-0.2, 0) is 20.9 Å². The molecule has 0 radical (unpaired) electrons. The maximum atomic E-state index is 13.1. The average Bonchev–Trinajstić information content (AvgIpc) is 3.12. The fraction of sp³-hybridized carbons (Fsp3) is 0.361. The van der Waals surface area contributed by atoms with Crippen LogP contribution in [0.2, 0.25) is 0 Å². The lowest BCUT2D eigenvalue weighted by atomic mass is 10.1. The molecule has 14 nitrogen and oxygen atoms in total. The van der Waals surface area contributed by atoms with Crippen molar-refractivity contribution >= 4 is 22.8 Å². The summed E-state index contributed by atoms with van der Waals surface area (Å²) in [6.45, 7) is 4.22. The van der Waals surface area contributed by atoms with E-state index in [0.717, 1.165) is 5.56 Å². The van der Waals surface area contributed by atoms with E-state index in [2.05, 4.69) is 4.90 Å². The van der Waals surface area contributed by atoms with Gasteiger partial charge in [-0.3, -0.25) is 14.5 Å². The van der Waals surface area contributed by atoms with Gasteiger partial charge < -0.3 is 47.6 Å². The third kappa shape index (κ3) is 8.14. The Morgan fingerprint density at radius 2 is 1.50 bits per heavy atom. The summed E-state index contributed by atoms with van der Waals surface area (Å²) in [5.41, 5.74) is 1.01. The lowest BCUT2D eigenvalue weighted by Crippen LogP contribution is -2.49. The zero-order valence-electron chi connectivity index (χ0n) is 28.6. The average molecular weight is 693 g/mol. The van der Waals surface area contributed by atoms with E-state index in [0.29, 0.717) is 61.3 Å². The molecule has 0 bridgehead atoms. The number of methoxy groups -OCH3 is 4. The van der Waals surface area contributed by atoms with E-state index < -0.39 is 11.4 Å². The summed E-state index contributed by atoms with van der Waals surface area (Å²) in [4.78, 5) is 41.9. The molecule has 1 aliphatic heterocycles. The Labute approximate surface area is 288 Å².